The molecule has 0 saturated heterocycles. The summed E-state index contributed by atoms with van der Waals surface area (Å²) in [6.07, 6.45) is 13.4. The summed E-state index contributed by atoms with van der Waals surface area (Å²) >= 11 is 0. The molecular formula is C19H38N2O. The fourth-order valence-corrected chi connectivity index (χ4v) is 2.78. The van der Waals surface area contributed by atoms with E-state index in [1.54, 1.807) is 0 Å². The van der Waals surface area contributed by atoms with Gasteiger partial charge in [0, 0.05) is 11.6 Å². The fraction of sp³-hybridized carbons (Fsp3) is 0.842. The molecule has 1 amide bonds. The summed E-state index contributed by atoms with van der Waals surface area (Å²) in [5, 5.41) is 0. The number of carbonyl (C=O) groups is 1. The Morgan fingerprint density at radius 2 is 1.45 bits per heavy atom. The highest BCUT2D eigenvalue weighted by atomic mass is 16.1. The molecule has 0 bridgehead atoms. The lowest BCUT2D eigenvalue weighted by molar-refractivity contribution is -0.114. The van der Waals surface area contributed by atoms with Crippen LogP contribution in [0.1, 0.15) is 85.5 Å². The van der Waals surface area contributed by atoms with Gasteiger partial charge in [0.05, 0.1) is 0 Å². The fourth-order valence-electron chi connectivity index (χ4n) is 2.78. The van der Waals surface area contributed by atoms with Crippen LogP contribution in [-0.4, -0.2) is 29.9 Å². The van der Waals surface area contributed by atoms with Gasteiger partial charge in [0.25, 0.3) is 0 Å². The number of carbonyl (C=O) groups excluding carboxylic acids is 1. The molecule has 22 heavy (non-hydrogen) atoms. The zero-order valence-electron chi connectivity index (χ0n) is 15.4. The van der Waals surface area contributed by atoms with Crippen LogP contribution in [0, 0.1) is 0 Å². The molecule has 0 saturated carbocycles. The molecule has 0 aromatic heterocycles. The van der Waals surface area contributed by atoms with Crippen LogP contribution in [0.4, 0.5) is 0 Å². The van der Waals surface area contributed by atoms with E-state index in [0.717, 1.165) is 19.5 Å². The highest BCUT2D eigenvalue weighted by molar-refractivity contribution is 5.91. The minimum absolute atomic E-state index is 0.296. The monoisotopic (exact) mass is 310 g/mol. The second kappa shape index (κ2) is 13.8. The van der Waals surface area contributed by atoms with Crippen LogP contribution < -0.4 is 5.73 Å². The van der Waals surface area contributed by atoms with Gasteiger partial charge in [-0.05, 0) is 39.3 Å². The van der Waals surface area contributed by atoms with E-state index in [-0.39, 0.29) is 5.91 Å². The van der Waals surface area contributed by atoms with Gasteiger partial charge >= 0.3 is 0 Å². The van der Waals surface area contributed by atoms with Gasteiger partial charge in [-0.15, -0.1) is 0 Å². The molecule has 0 spiro atoms. The Morgan fingerprint density at radius 3 is 1.82 bits per heavy atom. The largest absolute Gasteiger partial charge is 0.366 e. The molecule has 3 nitrogen and oxygen atoms in total. The smallest absolute Gasteiger partial charge is 0.244 e. The number of hydrogen-bond acceptors (Lipinski definition) is 2. The molecule has 0 aromatic rings. The first-order valence-corrected chi connectivity index (χ1v) is 9.29. The first kappa shape index (κ1) is 21.2. The summed E-state index contributed by atoms with van der Waals surface area (Å²) < 4.78 is 0. The molecule has 0 aliphatic heterocycles. The van der Waals surface area contributed by atoms with Crippen molar-refractivity contribution >= 4 is 5.91 Å². The third-order valence-electron chi connectivity index (χ3n) is 4.32. The van der Waals surface area contributed by atoms with Crippen LogP contribution in [0.5, 0.6) is 0 Å². The molecule has 130 valence electrons. The zero-order valence-corrected chi connectivity index (χ0v) is 15.4. The van der Waals surface area contributed by atoms with Crippen molar-refractivity contribution in [3.05, 3.63) is 11.6 Å². The lowest BCUT2D eigenvalue weighted by Crippen LogP contribution is -2.36. The molecule has 3 heteroatoms. The normalized spacial score (nSPS) is 13.6. The molecule has 0 radical (unpaired) electrons. The van der Waals surface area contributed by atoms with Crippen molar-refractivity contribution in [2.24, 2.45) is 5.73 Å². The van der Waals surface area contributed by atoms with Gasteiger partial charge in [0.15, 0.2) is 0 Å². The van der Waals surface area contributed by atoms with Crippen molar-refractivity contribution in [2.45, 2.75) is 91.5 Å². The molecular weight excluding hydrogens is 272 g/mol. The Hall–Kier alpha value is -0.830. The van der Waals surface area contributed by atoms with Gasteiger partial charge in [-0.2, -0.15) is 0 Å². The number of amides is 1. The number of nitrogens with zero attached hydrogens (tertiary/aromatic N) is 1. The molecule has 0 heterocycles. The van der Waals surface area contributed by atoms with Gasteiger partial charge in [-0.25, -0.2) is 0 Å². The molecule has 1 unspecified atom stereocenters. The Labute approximate surface area is 138 Å². The van der Waals surface area contributed by atoms with Gasteiger partial charge < -0.3 is 5.73 Å². The summed E-state index contributed by atoms with van der Waals surface area (Å²) in [7, 11) is 0. The third-order valence-corrected chi connectivity index (χ3v) is 4.32. The Bertz CT molecular complexity index is 301. The van der Waals surface area contributed by atoms with E-state index in [1.807, 2.05) is 6.92 Å². The first-order chi connectivity index (χ1) is 10.6. The van der Waals surface area contributed by atoms with Crippen molar-refractivity contribution < 1.29 is 4.79 Å². The van der Waals surface area contributed by atoms with E-state index < -0.39 is 0 Å². The van der Waals surface area contributed by atoms with Gasteiger partial charge in [0.2, 0.25) is 5.91 Å². The summed E-state index contributed by atoms with van der Waals surface area (Å²) in [6.45, 7) is 10.8. The number of nitrogens with two attached hydrogens (primary N) is 1. The molecule has 2 N–H and O–H groups in total. The van der Waals surface area contributed by atoms with Crippen LogP contribution in [-0.2, 0) is 4.79 Å². The highest BCUT2D eigenvalue weighted by Gasteiger charge is 2.15. The van der Waals surface area contributed by atoms with Crippen LogP contribution in [0.2, 0.25) is 0 Å². The van der Waals surface area contributed by atoms with E-state index in [9.17, 15) is 4.79 Å². The van der Waals surface area contributed by atoms with Crippen LogP contribution >= 0.6 is 0 Å². The quantitative estimate of drug-likeness (QED) is 0.375. The summed E-state index contributed by atoms with van der Waals surface area (Å²) in [6, 6.07) is 0.343. The van der Waals surface area contributed by atoms with Crippen LogP contribution in [0.3, 0.4) is 0 Å². The maximum Gasteiger partial charge on any atom is 0.244 e. The Morgan fingerprint density at radius 1 is 0.955 bits per heavy atom. The van der Waals surface area contributed by atoms with Crippen molar-refractivity contribution in [3.63, 3.8) is 0 Å². The van der Waals surface area contributed by atoms with E-state index in [1.165, 1.54) is 51.4 Å². The molecule has 0 aliphatic carbocycles. The van der Waals surface area contributed by atoms with Gasteiger partial charge in [-0.1, -0.05) is 65.4 Å². The highest BCUT2D eigenvalue weighted by Crippen LogP contribution is 2.13. The topological polar surface area (TPSA) is 46.3 Å². The van der Waals surface area contributed by atoms with Crippen LogP contribution in [0.15, 0.2) is 11.6 Å². The molecule has 0 aliphatic rings. The van der Waals surface area contributed by atoms with Crippen molar-refractivity contribution in [1.29, 1.82) is 0 Å². The minimum atomic E-state index is -0.296. The third kappa shape index (κ3) is 9.99. The maximum atomic E-state index is 11.3. The van der Waals surface area contributed by atoms with Gasteiger partial charge in [0.1, 0.15) is 0 Å². The lowest BCUT2D eigenvalue weighted by Gasteiger charge is -2.29. The second-order valence-electron chi connectivity index (χ2n) is 6.35. The summed E-state index contributed by atoms with van der Waals surface area (Å²) in [5.41, 5.74) is 6.09. The predicted molar refractivity (Wildman–Crippen MR) is 96.9 cm³/mol. The average molecular weight is 311 g/mol. The van der Waals surface area contributed by atoms with Crippen LogP contribution in [0.25, 0.3) is 0 Å². The van der Waals surface area contributed by atoms with E-state index in [2.05, 4.69) is 31.7 Å². The average Bonchev–Trinajstić information content (AvgIpc) is 2.51. The summed E-state index contributed by atoms with van der Waals surface area (Å²) in [5.74, 6) is -0.296. The first-order valence-electron chi connectivity index (χ1n) is 9.29. The van der Waals surface area contributed by atoms with Gasteiger partial charge in [-0.3, -0.25) is 9.69 Å². The van der Waals surface area contributed by atoms with Crippen molar-refractivity contribution in [1.82, 2.24) is 4.90 Å². The van der Waals surface area contributed by atoms with E-state index in [4.69, 9.17) is 5.73 Å². The molecule has 0 fully saturated rings. The predicted octanol–water partition coefficient (Wildman–Crippen LogP) is 4.66. The number of primary amides is 1. The standard InChI is InChI=1S/C19H38N2O/c1-5-8-10-12-14-21(15-13-11-9-6-2)18(7-3)16-17(4)19(20)22/h16,18H,5-15H2,1-4H3,(H2,20,22)/b17-16+. The molecule has 0 aromatic carbocycles. The zero-order chi connectivity index (χ0) is 16.8. The second-order valence-corrected chi connectivity index (χ2v) is 6.35. The van der Waals surface area contributed by atoms with Crippen molar-refractivity contribution in [2.75, 3.05) is 13.1 Å². The van der Waals surface area contributed by atoms with E-state index >= 15 is 0 Å². The number of rotatable bonds is 14. The van der Waals surface area contributed by atoms with Crippen molar-refractivity contribution in [3.8, 4) is 0 Å². The Kier molecular flexibility index (Phi) is 13.3. The Balaban J connectivity index is 4.60. The maximum absolute atomic E-state index is 11.3. The molecule has 1 atom stereocenters. The molecule has 0 rings (SSSR count). The van der Waals surface area contributed by atoms with E-state index in [0.29, 0.717) is 11.6 Å². The minimum Gasteiger partial charge on any atom is -0.366 e. The lowest BCUT2D eigenvalue weighted by atomic mass is 10.1. The summed E-state index contributed by atoms with van der Waals surface area (Å²) in [4.78, 5) is 13.9. The number of unbranched alkanes of at least 4 members (excludes halogenated alkanes) is 6. The number of hydrogen-bond donors (Lipinski definition) is 1. The SMILES string of the molecule is CCCCCCN(CCCCCC)C(/C=C(\C)C(N)=O)CC.